The van der Waals surface area contributed by atoms with Gasteiger partial charge in [-0.3, -0.25) is 14.4 Å². The number of pyridine rings is 6. The van der Waals surface area contributed by atoms with Crippen molar-refractivity contribution >= 4 is 82.7 Å². The van der Waals surface area contributed by atoms with Crippen LogP contribution >= 0.6 is 0 Å². The molecule has 6 N–H and O–H groups in total. The van der Waals surface area contributed by atoms with E-state index in [4.69, 9.17) is 29.2 Å². The number of fused-ring (bicyclic) bond motifs is 18. The van der Waals surface area contributed by atoms with Gasteiger partial charge in [-0.25, -0.2) is 58.1 Å². The number of hydrogen-bond acceptors (Lipinski definition) is 27. The number of aromatic nitrogens is 12. The Balaban J connectivity index is 0.000000147. The van der Waals surface area contributed by atoms with Crippen LogP contribution in [0.25, 0.3) is 17.5 Å². The van der Waals surface area contributed by atoms with Crippen molar-refractivity contribution in [3.63, 3.8) is 0 Å². The maximum absolute atomic E-state index is 13.6. The van der Waals surface area contributed by atoms with Gasteiger partial charge in [0.05, 0.1) is 52.8 Å². The molecule has 6 fully saturated rings. The van der Waals surface area contributed by atoms with Gasteiger partial charge in [0.2, 0.25) is 17.6 Å². The van der Waals surface area contributed by atoms with E-state index in [1.165, 1.54) is 86.8 Å². The molecule has 45 heteroatoms. The van der Waals surface area contributed by atoms with Crippen LogP contribution in [0.3, 0.4) is 0 Å². The van der Waals surface area contributed by atoms with E-state index in [9.17, 15) is 79.2 Å². The topological polar surface area (TPSA) is 394 Å². The molecule has 15 heterocycles. The van der Waals surface area contributed by atoms with Crippen LogP contribution in [0.2, 0.25) is 0 Å². The minimum Gasteiger partial charge on any atom is -0.477 e. The normalized spacial score (nSPS) is 22.0. The van der Waals surface area contributed by atoms with Crippen molar-refractivity contribution in [2.45, 2.75) is 228 Å². The molecule has 18 rings (SSSR count). The molecule has 9 aliphatic rings. The molecule has 9 aromatic heterocycles. The number of carbonyl (C=O) groups is 3. The fourth-order valence-electron chi connectivity index (χ4n) is 18.8. The summed E-state index contributed by atoms with van der Waals surface area (Å²) in [5.41, 5.74) is -3.59. The maximum Gasteiger partial charge on any atom is 0.394 e. The number of hydrogen-bond donors (Lipinski definition) is 6. The van der Waals surface area contributed by atoms with E-state index in [0.29, 0.717) is 109 Å². The van der Waals surface area contributed by atoms with Crippen molar-refractivity contribution in [3.05, 3.63) is 143 Å². The lowest BCUT2D eigenvalue weighted by molar-refractivity contribution is -0.190. The molecule has 3 saturated carbocycles. The number of rotatable bonds is 15. The minimum absolute atomic E-state index is 0.0712. The first-order chi connectivity index (χ1) is 63.5. The Kier molecular flexibility index (Phi) is 26.0. The van der Waals surface area contributed by atoms with E-state index in [2.05, 4.69) is 102 Å². The predicted octanol–water partition coefficient (Wildman–Crippen LogP) is 15.0. The molecule has 0 spiro atoms. The average molecular weight is 1940 g/mol. The molecule has 12 bridgehead atoms. The molecule has 135 heavy (non-hydrogen) atoms. The summed E-state index contributed by atoms with van der Waals surface area (Å²) >= 11 is 0. The van der Waals surface area contributed by atoms with Crippen molar-refractivity contribution in [2.75, 3.05) is 89.7 Å². The Bertz CT molecular complexity index is 5760. The number of ether oxygens (including phenoxy) is 3. The van der Waals surface area contributed by atoms with Gasteiger partial charge in [-0.2, -0.15) is 64.8 Å². The highest BCUT2D eigenvalue weighted by Crippen LogP contribution is 2.62. The number of halogens is 9. The summed E-state index contributed by atoms with van der Waals surface area (Å²) in [4.78, 5) is 74.2. The number of carbonyl (C=O) groups excluding carboxylic acids is 3. The molecule has 33 nitrogen and oxygen atoms in total. The summed E-state index contributed by atoms with van der Waals surface area (Å²) in [6, 6.07) is 22.7. The first-order valence-electron chi connectivity index (χ1n) is 45.0. The van der Waals surface area contributed by atoms with Gasteiger partial charge in [0, 0.05) is 92.7 Å². The Morgan fingerprint density at radius 2 is 0.630 bits per heavy atom. The molecule has 3 aliphatic carbocycles. The van der Waals surface area contributed by atoms with Crippen molar-refractivity contribution in [2.24, 2.45) is 34.0 Å². The summed E-state index contributed by atoms with van der Waals surface area (Å²) in [5.74, 6) is 2.07. The second kappa shape index (κ2) is 36.4. The van der Waals surface area contributed by atoms with Gasteiger partial charge in [-0.15, -0.1) is 15.3 Å². The molecule has 3 saturated heterocycles. The average Bonchev–Trinajstić information content (AvgIpc) is 1.55. The second-order valence-corrected chi connectivity index (χ2v) is 43.4. The smallest absolute Gasteiger partial charge is 0.394 e. The molecule has 726 valence electrons. The van der Waals surface area contributed by atoms with Crippen LogP contribution in [0, 0.1) is 54.8 Å². The molecule has 0 aromatic carbocycles. The van der Waals surface area contributed by atoms with E-state index in [1.807, 2.05) is 35.5 Å². The van der Waals surface area contributed by atoms with E-state index in [0.717, 1.165) is 74.5 Å². The predicted molar refractivity (Wildman–Crippen MR) is 480 cm³/mol. The summed E-state index contributed by atoms with van der Waals surface area (Å²) < 4.78 is 227. The van der Waals surface area contributed by atoms with Crippen LogP contribution in [0.4, 0.5) is 74.4 Å². The fraction of sp³-hybridized carbons (Fsp3) is 0.533. The lowest BCUT2D eigenvalue weighted by atomic mass is 9.93. The van der Waals surface area contributed by atoms with Crippen LogP contribution in [-0.2, 0) is 30.1 Å². The largest absolute Gasteiger partial charge is 0.477 e. The zero-order valence-electron chi connectivity index (χ0n) is 75.9. The number of nitrogens with one attached hydrogen (secondary N) is 6. The minimum atomic E-state index is -4.32. The first kappa shape index (κ1) is 96.5. The lowest BCUT2D eigenvalue weighted by Crippen LogP contribution is -2.41. The number of nitrogens with zero attached hydrogens (tertiary/aromatic N) is 15. The standard InChI is InChI=1S/3C30H36F3N7O4S/c3*1-19-6-9-24-36-25(19)34-14-4-5-20-17-28(2,3)39(18-20)26-21(27(41)38-45(24,42)43)7-8-22(35-26)40-15-10-23(37-40)44-16-13-29(11-12-29)30(31,32)33/h3*6-10,15,20H,4-5,11-14,16-18H2,1-3H3,(H,34,36)(H,38,41). The highest BCUT2D eigenvalue weighted by molar-refractivity contribution is 7.90. The molecule has 6 aliphatic heterocycles. The summed E-state index contributed by atoms with van der Waals surface area (Å²) in [5, 5.41) is 21.9. The molecule has 3 atom stereocenters. The van der Waals surface area contributed by atoms with Gasteiger partial charge < -0.3 is 44.9 Å². The SMILES string of the molecule is Cc1ccc2nc1NCCCC1CN(c3nc(-n4ccc(OCCC5(C(F)(F)F)CC5)n4)ccc3C(=O)NS2(=O)=O)C(C)(C)C1.Cc1ccc2nc1NCCCC1CN(c3nc(-n4ccc(OCCC5(C(F)(F)F)CC5)n4)ccc3C(=O)NS2(=O)=O)C(C)(C)C1.Cc1ccc2nc1NCCCC1CN(c3nc(-n4ccc(OCCC5(C(F)(F)F)CC5)n4)ccc3C(=O)NS2(=O)=O)C(C)(C)C1. The molecular formula is C90H108F9N21O12S3. The van der Waals surface area contributed by atoms with Crippen molar-refractivity contribution in [1.29, 1.82) is 0 Å². The maximum atomic E-state index is 13.6. The Morgan fingerprint density at radius 1 is 0.370 bits per heavy atom. The summed E-state index contributed by atoms with van der Waals surface area (Å²) in [6.45, 7) is 21.2. The number of sulfonamides is 3. The molecule has 3 amide bonds. The van der Waals surface area contributed by atoms with E-state index < -0.39 is 99.2 Å². The monoisotopic (exact) mass is 1940 g/mol. The second-order valence-electron chi connectivity index (χ2n) is 38.5. The van der Waals surface area contributed by atoms with Gasteiger partial charge in [0.15, 0.2) is 32.5 Å². The van der Waals surface area contributed by atoms with Gasteiger partial charge in [0.1, 0.15) is 34.9 Å². The van der Waals surface area contributed by atoms with Crippen LogP contribution in [0.1, 0.15) is 205 Å². The third-order valence-electron chi connectivity index (χ3n) is 27.2. The number of anilines is 6. The molecule has 0 radical (unpaired) electrons. The van der Waals surface area contributed by atoms with Crippen LogP contribution in [-0.4, -0.2) is 196 Å². The number of amides is 3. The third-order valence-corrected chi connectivity index (χ3v) is 30.9. The van der Waals surface area contributed by atoms with Crippen molar-refractivity contribution in [3.8, 4) is 35.1 Å². The van der Waals surface area contributed by atoms with Gasteiger partial charge in [-0.05, 0) is 267 Å². The molecule has 9 aromatic rings. The van der Waals surface area contributed by atoms with Crippen LogP contribution in [0.5, 0.6) is 17.6 Å². The molecule has 3 unspecified atom stereocenters. The zero-order chi connectivity index (χ0) is 96.6. The van der Waals surface area contributed by atoms with Gasteiger partial charge in [-0.1, -0.05) is 18.2 Å². The van der Waals surface area contributed by atoms with Crippen molar-refractivity contribution < 1.29 is 93.4 Å². The van der Waals surface area contributed by atoms with Crippen LogP contribution in [0.15, 0.2) is 125 Å². The lowest BCUT2D eigenvalue weighted by Gasteiger charge is -2.34. The van der Waals surface area contributed by atoms with Crippen molar-refractivity contribution in [1.82, 2.24) is 73.4 Å². The summed E-state index contributed by atoms with van der Waals surface area (Å²) in [6.07, 6.45) is -0.0805. The highest BCUT2D eigenvalue weighted by Gasteiger charge is 2.65. The first-order valence-corrected chi connectivity index (χ1v) is 49.5. The van der Waals surface area contributed by atoms with E-state index >= 15 is 0 Å². The fourth-order valence-corrected chi connectivity index (χ4v) is 21.5. The Hall–Kier alpha value is -11.6. The number of aryl methyl sites for hydroxylation is 3. The quantitative estimate of drug-likeness (QED) is 0.0519. The Morgan fingerprint density at radius 3 is 0.874 bits per heavy atom. The van der Waals surface area contributed by atoms with E-state index in [1.54, 1.807) is 36.8 Å². The third kappa shape index (κ3) is 20.9. The Labute approximate surface area is 775 Å². The highest BCUT2D eigenvalue weighted by atomic mass is 32.2. The van der Waals surface area contributed by atoms with Crippen LogP contribution < -0.4 is 59.0 Å². The van der Waals surface area contributed by atoms with Gasteiger partial charge >= 0.3 is 18.5 Å². The van der Waals surface area contributed by atoms with Gasteiger partial charge in [0.25, 0.3) is 47.8 Å². The summed E-state index contributed by atoms with van der Waals surface area (Å²) in [7, 11) is -12.9. The number of alkyl halides is 9. The zero-order valence-corrected chi connectivity index (χ0v) is 78.4. The van der Waals surface area contributed by atoms with E-state index in [-0.39, 0.29) is 127 Å². The molecular weight excluding hydrogens is 1830 g/mol.